The van der Waals surface area contributed by atoms with Gasteiger partial charge in [0.1, 0.15) is 5.82 Å². The van der Waals surface area contributed by atoms with Crippen molar-refractivity contribution in [3.8, 4) is 11.1 Å². The zero-order chi connectivity index (χ0) is 19.7. The Morgan fingerprint density at radius 3 is 2.64 bits per heavy atom. The molecule has 28 heavy (non-hydrogen) atoms. The largest absolute Gasteiger partial charge is 0.360 e. The zero-order valence-electron chi connectivity index (χ0n) is 16.8. The second kappa shape index (κ2) is 7.86. The van der Waals surface area contributed by atoms with Crippen LogP contribution in [0.25, 0.3) is 22.0 Å². The van der Waals surface area contributed by atoms with Gasteiger partial charge in [0, 0.05) is 61.1 Å². The van der Waals surface area contributed by atoms with Crippen molar-refractivity contribution in [2.75, 3.05) is 39.8 Å². The monoisotopic (exact) mass is 378 g/mol. The van der Waals surface area contributed by atoms with Crippen molar-refractivity contribution in [2.24, 2.45) is 4.99 Å². The molecule has 146 valence electrons. The minimum absolute atomic E-state index is 0.224. The molecule has 1 N–H and O–H groups in total. The van der Waals surface area contributed by atoms with E-state index >= 15 is 0 Å². The molecule has 5 heteroatoms. The number of aromatic nitrogens is 1. The highest BCUT2D eigenvalue weighted by Gasteiger charge is 2.14. The van der Waals surface area contributed by atoms with Crippen molar-refractivity contribution in [1.82, 2.24) is 14.8 Å². The Morgan fingerprint density at radius 2 is 1.89 bits per heavy atom. The van der Waals surface area contributed by atoms with Gasteiger partial charge < -0.3 is 9.88 Å². The Hall–Kier alpha value is -2.50. The predicted molar refractivity (Wildman–Crippen MR) is 115 cm³/mol. The second-order valence-corrected chi connectivity index (χ2v) is 7.82. The lowest BCUT2D eigenvalue weighted by Crippen LogP contribution is -2.45. The molecule has 0 saturated carbocycles. The van der Waals surface area contributed by atoms with Crippen LogP contribution in [-0.2, 0) is 0 Å². The number of hydrogen-bond donors (Lipinski definition) is 1. The molecule has 1 aromatic heterocycles. The number of halogens is 1. The van der Waals surface area contributed by atoms with Crippen LogP contribution in [0.15, 0.2) is 47.6 Å². The maximum Gasteiger partial charge on any atom is 0.125 e. The first-order valence-corrected chi connectivity index (χ1v) is 9.82. The van der Waals surface area contributed by atoms with Gasteiger partial charge in [-0.25, -0.2) is 4.39 Å². The number of aliphatic imine (C=N–C) groups is 1. The van der Waals surface area contributed by atoms with Gasteiger partial charge in [0.2, 0.25) is 0 Å². The smallest absolute Gasteiger partial charge is 0.125 e. The normalized spacial score (nSPS) is 16.8. The summed E-state index contributed by atoms with van der Waals surface area (Å²) in [6, 6.07) is 11.2. The predicted octanol–water partition coefficient (Wildman–Crippen LogP) is 4.62. The van der Waals surface area contributed by atoms with E-state index in [0.29, 0.717) is 0 Å². The molecule has 0 spiro atoms. The van der Waals surface area contributed by atoms with E-state index in [9.17, 15) is 4.39 Å². The first-order valence-electron chi connectivity index (χ1n) is 9.82. The molecule has 4 rings (SSSR count). The summed E-state index contributed by atoms with van der Waals surface area (Å²) in [7, 11) is 2.17. The van der Waals surface area contributed by atoms with Crippen LogP contribution in [0.1, 0.15) is 12.5 Å². The summed E-state index contributed by atoms with van der Waals surface area (Å²) in [5.74, 6) is -0.224. The highest BCUT2D eigenvalue weighted by atomic mass is 19.1. The van der Waals surface area contributed by atoms with Gasteiger partial charge in [0.25, 0.3) is 0 Å². The number of nitrogens with one attached hydrogen (secondary N) is 1. The summed E-state index contributed by atoms with van der Waals surface area (Å²) in [5.41, 5.74) is 6.32. The van der Waals surface area contributed by atoms with Gasteiger partial charge in [0.15, 0.2) is 0 Å². The number of hydrogen-bond acceptors (Lipinski definition) is 3. The third-order valence-electron chi connectivity index (χ3n) is 5.51. The Kier molecular flexibility index (Phi) is 5.29. The molecule has 0 aliphatic carbocycles. The molecule has 4 nitrogen and oxygen atoms in total. The minimum Gasteiger partial charge on any atom is -0.360 e. The first-order chi connectivity index (χ1) is 13.5. The van der Waals surface area contributed by atoms with Gasteiger partial charge in [-0.2, -0.15) is 0 Å². The van der Waals surface area contributed by atoms with Gasteiger partial charge in [-0.3, -0.25) is 9.89 Å². The Labute approximate surface area is 165 Å². The van der Waals surface area contributed by atoms with E-state index < -0.39 is 0 Å². The quantitative estimate of drug-likeness (QED) is 0.672. The molecule has 0 atom stereocenters. The second-order valence-electron chi connectivity index (χ2n) is 7.82. The van der Waals surface area contributed by atoms with Crippen molar-refractivity contribution in [1.29, 1.82) is 0 Å². The fourth-order valence-electron chi connectivity index (χ4n) is 3.86. The van der Waals surface area contributed by atoms with Crippen LogP contribution in [0.3, 0.4) is 0 Å². The van der Waals surface area contributed by atoms with Crippen LogP contribution in [0, 0.1) is 12.7 Å². The standard InChI is InChI=1S/C23H27FN4/c1-16-12-18(21-14-25-23-13-19(24)5-6-20(21)23)4-7-22(16)26-17(2)15-28-10-8-27(3)9-11-28/h4-7,12-14,25H,8-11,15H2,1-3H3. The number of fused-ring (bicyclic) bond motifs is 1. The molecule has 1 aliphatic heterocycles. The van der Waals surface area contributed by atoms with E-state index in [1.165, 1.54) is 12.1 Å². The summed E-state index contributed by atoms with van der Waals surface area (Å²) in [4.78, 5) is 12.9. The number of rotatable bonds is 4. The van der Waals surface area contributed by atoms with Crippen molar-refractivity contribution in [3.63, 3.8) is 0 Å². The van der Waals surface area contributed by atoms with Crippen molar-refractivity contribution in [2.45, 2.75) is 13.8 Å². The van der Waals surface area contributed by atoms with Crippen LogP contribution < -0.4 is 0 Å². The molecule has 0 radical (unpaired) electrons. The summed E-state index contributed by atoms with van der Waals surface area (Å²) >= 11 is 0. The molecule has 3 aromatic rings. The topological polar surface area (TPSA) is 34.6 Å². The average molecular weight is 378 g/mol. The van der Waals surface area contributed by atoms with E-state index in [1.54, 1.807) is 0 Å². The fraction of sp³-hybridized carbons (Fsp3) is 0.348. The summed E-state index contributed by atoms with van der Waals surface area (Å²) < 4.78 is 13.4. The number of piperazine rings is 1. The lowest BCUT2D eigenvalue weighted by Gasteiger charge is -2.32. The zero-order valence-corrected chi connectivity index (χ0v) is 16.8. The molecule has 2 heterocycles. The number of H-pyrrole nitrogens is 1. The van der Waals surface area contributed by atoms with E-state index in [-0.39, 0.29) is 5.82 Å². The first kappa shape index (κ1) is 18.8. The van der Waals surface area contributed by atoms with Gasteiger partial charge >= 0.3 is 0 Å². The number of aromatic amines is 1. The third kappa shape index (κ3) is 4.01. The summed E-state index contributed by atoms with van der Waals surface area (Å²) in [6.45, 7) is 9.57. The van der Waals surface area contributed by atoms with Crippen molar-refractivity contribution in [3.05, 3.63) is 54.0 Å². The Morgan fingerprint density at radius 1 is 1.11 bits per heavy atom. The highest BCUT2D eigenvalue weighted by molar-refractivity contribution is 5.96. The molecular weight excluding hydrogens is 351 g/mol. The molecule has 0 bridgehead atoms. The highest BCUT2D eigenvalue weighted by Crippen LogP contribution is 2.32. The SMILES string of the molecule is CC(CN1CCN(C)CC1)=Nc1ccc(-c2c[nH]c3cc(F)ccc23)cc1C. The maximum atomic E-state index is 13.4. The third-order valence-corrected chi connectivity index (χ3v) is 5.51. The van der Waals surface area contributed by atoms with Crippen LogP contribution in [0.5, 0.6) is 0 Å². The van der Waals surface area contributed by atoms with Crippen LogP contribution in [-0.4, -0.2) is 60.3 Å². The van der Waals surface area contributed by atoms with Crippen LogP contribution in [0.4, 0.5) is 10.1 Å². The molecule has 0 unspecified atom stereocenters. The van der Waals surface area contributed by atoms with Gasteiger partial charge in [-0.15, -0.1) is 0 Å². The molecule has 1 aliphatic rings. The molecular formula is C23H27FN4. The lowest BCUT2D eigenvalue weighted by molar-refractivity contribution is 0.170. The number of nitrogens with zero attached hydrogens (tertiary/aromatic N) is 3. The Bertz CT molecular complexity index is 1010. The van der Waals surface area contributed by atoms with Crippen LogP contribution in [0.2, 0.25) is 0 Å². The molecule has 1 saturated heterocycles. The van der Waals surface area contributed by atoms with E-state index in [4.69, 9.17) is 4.99 Å². The van der Waals surface area contributed by atoms with Gasteiger partial charge in [-0.05, 0) is 62.4 Å². The fourth-order valence-corrected chi connectivity index (χ4v) is 3.86. The Balaban J connectivity index is 1.54. The van der Waals surface area contributed by atoms with Crippen molar-refractivity contribution >= 4 is 22.3 Å². The molecule has 0 amide bonds. The van der Waals surface area contributed by atoms with Crippen molar-refractivity contribution < 1.29 is 4.39 Å². The number of benzene rings is 2. The minimum atomic E-state index is -0.224. The van der Waals surface area contributed by atoms with Crippen LogP contribution >= 0.6 is 0 Å². The number of aryl methyl sites for hydroxylation is 1. The maximum absolute atomic E-state index is 13.4. The summed E-state index contributed by atoms with van der Waals surface area (Å²) in [6.07, 6.45) is 1.94. The van der Waals surface area contributed by atoms with E-state index in [1.807, 2.05) is 12.3 Å². The molecule has 2 aromatic carbocycles. The van der Waals surface area contributed by atoms with E-state index in [0.717, 1.165) is 71.7 Å². The van der Waals surface area contributed by atoms with Gasteiger partial charge in [-0.1, -0.05) is 6.07 Å². The van der Waals surface area contributed by atoms with Gasteiger partial charge in [0.05, 0.1) is 5.69 Å². The lowest BCUT2D eigenvalue weighted by atomic mass is 10.0. The average Bonchev–Trinajstić information content (AvgIpc) is 3.08. The number of likely N-dealkylation sites (N-methyl/N-ethyl adjacent to an activating group) is 1. The van der Waals surface area contributed by atoms with E-state index in [2.05, 4.69) is 53.9 Å². The summed E-state index contributed by atoms with van der Waals surface area (Å²) in [5, 5.41) is 1.03. The molecule has 1 fully saturated rings.